The van der Waals surface area contributed by atoms with Gasteiger partial charge in [-0.15, -0.1) is 13.2 Å². The Morgan fingerprint density at radius 3 is 2.25 bits per heavy atom. The molecule has 166 valence electrons. The number of alkyl halides is 3. The Kier molecular flexibility index (Phi) is 4.91. The number of benzene rings is 2. The Morgan fingerprint density at radius 1 is 1.06 bits per heavy atom. The molecule has 0 aliphatic carbocycles. The summed E-state index contributed by atoms with van der Waals surface area (Å²) >= 11 is 0. The van der Waals surface area contributed by atoms with Crippen molar-refractivity contribution in [3.05, 3.63) is 71.8 Å². The van der Waals surface area contributed by atoms with E-state index in [1.807, 2.05) is 0 Å². The van der Waals surface area contributed by atoms with E-state index in [-0.39, 0.29) is 17.1 Å². The van der Waals surface area contributed by atoms with Crippen molar-refractivity contribution in [2.75, 3.05) is 7.05 Å². The van der Waals surface area contributed by atoms with Gasteiger partial charge in [-0.05, 0) is 35.4 Å². The van der Waals surface area contributed by atoms with Crippen molar-refractivity contribution in [3.8, 4) is 16.9 Å². The van der Waals surface area contributed by atoms with Gasteiger partial charge in [0.1, 0.15) is 11.6 Å². The van der Waals surface area contributed by atoms with Crippen LogP contribution >= 0.6 is 0 Å². The van der Waals surface area contributed by atoms with Gasteiger partial charge in [0.25, 0.3) is 5.91 Å². The van der Waals surface area contributed by atoms with E-state index in [0.29, 0.717) is 11.1 Å². The van der Waals surface area contributed by atoms with Crippen LogP contribution in [0.1, 0.15) is 11.1 Å². The summed E-state index contributed by atoms with van der Waals surface area (Å²) in [5, 5.41) is 4.04. The summed E-state index contributed by atoms with van der Waals surface area (Å²) in [6.07, 6.45) is -1.78. The SMILES string of the molecule is CN1C(=O)C(c2ccc(OC(F)(F)F)cc2)(c2ccc(F)c(-c3cnn(C)c3)c2)N=C1N. The molecule has 2 heterocycles. The second kappa shape index (κ2) is 7.36. The molecule has 3 aromatic rings. The summed E-state index contributed by atoms with van der Waals surface area (Å²) in [5.74, 6) is -1.62. The van der Waals surface area contributed by atoms with Crippen LogP contribution in [0.25, 0.3) is 11.1 Å². The zero-order valence-corrected chi connectivity index (χ0v) is 16.9. The minimum absolute atomic E-state index is 0.0853. The Bertz CT molecular complexity index is 1220. The quantitative estimate of drug-likeness (QED) is 0.623. The molecule has 11 heteroatoms. The molecule has 1 aliphatic heterocycles. The van der Waals surface area contributed by atoms with Crippen molar-refractivity contribution in [2.45, 2.75) is 11.9 Å². The molecular weight excluding hydrogens is 430 g/mol. The van der Waals surface area contributed by atoms with E-state index >= 15 is 0 Å². The fourth-order valence-electron chi connectivity index (χ4n) is 3.61. The molecule has 1 atom stereocenters. The lowest BCUT2D eigenvalue weighted by Gasteiger charge is -2.27. The largest absolute Gasteiger partial charge is 0.573 e. The molecule has 7 nitrogen and oxygen atoms in total. The van der Waals surface area contributed by atoms with Gasteiger partial charge in [0.15, 0.2) is 11.5 Å². The normalized spacial score (nSPS) is 18.8. The number of likely N-dealkylation sites (N-methyl/N-ethyl adjacent to an activating group) is 1. The molecule has 2 aromatic carbocycles. The van der Waals surface area contributed by atoms with Crippen molar-refractivity contribution in [1.82, 2.24) is 14.7 Å². The highest BCUT2D eigenvalue weighted by Gasteiger charge is 2.49. The molecular formula is C21H17F4N5O2. The second-order valence-electron chi connectivity index (χ2n) is 7.21. The van der Waals surface area contributed by atoms with Crippen molar-refractivity contribution in [2.24, 2.45) is 17.8 Å². The van der Waals surface area contributed by atoms with Gasteiger partial charge in [0.05, 0.1) is 6.20 Å². The summed E-state index contributed by atoms with van der Waals surface area (Å²) in [7, 11) is 3.10. The van der Waals surface area contributed by atoms with Gasteiger partial charge < -0.3 is 10.5 Å². The van der Waals surface area contributed by atoms with E-state index in [2.05, 4.69) is 14.8 Å². The summed E-state index contributed by atoms with van der Waals surface area (Å²) in [6.45, 7) is 0. The van der Waals surface area contributed by atoms with Crippen LogP contribution in [0.15, 0.2) is 59.9 Å². The molecule has 0 radical (unpaired) electrons. The lowest BCUT2D eigenvalue weighted by molar-refractivity contribution is -0.274. The van der Waals surface area contributed by atoms with Gasteiger partial charge in [-0.2, -0.15) is 5.10 Å². The van der Waals surface area contributed by atoms with Gasteiger partial charge in [-0.25, -0.2) is 9.38 Å². The van der Waals surface area contributed by atoms with E-state index in [1.165, 1.54) is 48.3 Å². The maximum absolute atomic E-state index is 14.6. The van der Waals surface area contributed by atoms with Gasteiger partial charge in [-0.3, -0.25) is 14.4 Å². The maximum Gasteiger partial charge on any atom is 0.573 e. The van der Waals surface area contributed by atoms with E-state index in [4.69, 9.17) is 5.73 Å². The van der Waals surface area contributed by atoms with E-state index in [0.717, 1.165) is 17.0 Å². The first-order valence-electron chi connectivity index (χ1n) is 9.30. The molecule has 1 unspecified atom stereocenters. The number of aryl methyl sites for hydroxylation is 1. The first-order chi connectivity index (χ1) is 15.0. The number of rotatable bonds is 4. The fourth-order valence-corrected chi connectivity index (χ4v) is 3.61. The van der Waals surface area contributed by atoms with Gasteiger partial charge in [-0.1, -0.05) is 18.2 Å². The number of halogens is 4. The number of carbonyl (C=O) groups is 1. The molecule has 1 aromatic heterocycles. The van der Waals surface area contributed by atoms with Crippen LogP contribution in [0, 0.1) is 5.82 Å². The van der Waals surface area contributed by atoms with Crippen LogP contribution in [0.2, 0.25) is 0 Å². The Labute approximate surface area is 179 Å². The van der Waals surface area contributed by atoms with Crippen molar-refractivity contribution < 1.29 is 27.1 Å². The number of guanidine groups is 1. The van der Waals surface area contributed by atoms with Crippen LogP contribution in [0.4, 0.5) is 17.6 Å². The van der Waals surface area contributed by atoms with Crippen molar-refractivity contribution in [1.29, 1.82) is 0 Å². The summed E-state index contributed by atoms with van der Waals surface area (Å²) < 4.78 is 57.6. The average Bonchev–Trinajstić information content (AvgIpc) is 3.25. The average molecular weight is 447 g/mol. The summed E-state index contributed by atoms with van der Waals surface area (Å²) in [6, 6.07) is 8.78. The number of nitrogens with two attached hydrogens (primary N) is 1. The highest BCUT2D eigenvalue weighted by Crippen LogP contribution is 2.41. The molecule has 0 saturated carbocycles. The third kappa shape index (κ3) is 3.55. The molecule has 1 aliphatic rings. The monoisotopic (exact) mass is 447 g/mol. The van der Waals surface area contributed by atoms with Gasteiger partial charge in [0.2, 0.25) is 0 Å². The van der Waals surface area contributed by atoms with Crippen LogP contribution in [0.3, 0.4) is 0 Å². The predicted octanol–water partition coefficient (Wildman–Crippen LogP) is 3.16. The molecule has 0 saturated heterocycles. The third-order valence-electron chi connectivity index (χ3n) is 5.15. The molecule has 4 rings (SSSR count). The zero-order valence-electron chi connectivity index (χ0n) is 16.9. The molecule has 0 bridgehead atoms. The number of aliphatic imine (C=N–C) groups is 1. The van der Waals surface area contributed by atoms with Crippen molar-refractivity contribution in [3.63, 3.8) is 0 Å². The van der Waals surface area contributed by atoms with Crippen molar-refractivity contribution >= 4 is 11.9 Å². The standard InChI is InChI=1S/C21H17F4N5O2/c1-29-11-12(10-27-29)16-9-14(5-8-17(16)22)20(18(31)30(2)19(26)28-20)13-3-6-15(7-4-13)32-21(23,24)25/h3-11H,1-2H3,(H2,26,28). The third-order valence-corrected chi connectivity index (χ3v) is 5.15. The number of ether oxygens (including phenoxy) is 1. The first-order valence-corrected chi connectivity index (χ1v) is 9.30. The summed E-state index contributed by atoms with van der Waals surface area (Å²) in [4.78, 5) is 18.8. The highest BCUT2D eigenvalue weighted by molar-refractivity contribution is 6.09. The number of nitrogens with zero attached hydrogens (tertiary/aromatic N) is 4. The minimum Gasteiger partial charge on any atom is -0.406 e. The Balaban J connectivity index is 1.87. The second-order valence-corrected chi connectivity index (χ2v) is 7.21. The van der Waals surface area contributed by atoms with E-state index in [9.17, 15) is 22.4 Å². The van der Waals surface area contributed by atoms with Gasteiger partial charge in [0, 0.05) is 31.4 Å². The van der Waals surface area contributed by atoms with Crippen LogP contribution in [0.5, 0.6) is 5.75 Å². The molecule has 1 amide bonds. The molecule has 0 spiro atoms. The van der Waals surface area contributed by atoms with E-state index < -0.39 is 29.4 Å². The Morgan fingerprint density at radius 2 is 1.72 bits per heavy atom. The van der Waals surface area contributed by atoms with E-state index in [1.54, 1.807) is 13.2 Å². The fraction of sp³-hybridized carbons (Fsp3) is 0.190. The number of aromatic nitrogens is 2. The first kappa shape index (κ1) is 21.3. The topological polar surface area (TPSA) is 85.7 Å². The summed E-state index contributed by atoms with van der Waals surface area (Å²) in [5.41, 5.74) is 5.40. The zero-order chi connectivity index (χ0) is 23.3. The number of amides is 1. The Hall–Kier alpha value is -3.89. The number of hydrogen-bond donors (Lipinski definition) is 1. The smallest absolute Gasteiger partial charge is 0.406 e. The maximum atomic E-state index is 14.6. The molecule has 0 fully saturated rings. The highest BCUT2D eigenvalue weighted by atomic mass is 19.4. The minimum atomic E-state index is -4.86. The number of carbonyl (C=O) groups excluding carboxylic acids is 1. The van der Waals surface area contributed by atoms with Crippen LogP contribution < -0.4 is 10.5 Å². The lowest BCUT2D eigenvalue weighted by Crippen LogP contribution is -2.41. The lowest BCUT2D eigenvalue weighted by atomic mass is 9.81. The molecule has 32 heavy (non-hydrogen) atoms. The number of hydrogen-bond acceptors (Lipinski definition) is 5. The molecule has 2 N–H and O–H groups in total. The van der Waals surface area contributed by atoms with Gasteiger partial charge >= 0.3 is 6.36 Å². The van der Waals surface area contributed by atoms with Crippen LogP contribution in [-0.4, -0.2) is 40.0 Å². The van der Waals surface area contributed by atoms with Crippen LogP contribution in [-0.2, 0) is 17.4 Å². The predicted molar refractivity (Wildman–Crippen MR) is 107 cm³/mol.